The Balaban J connectivity index is 1.96. The first-order valence-electron chi connectivity index (χ1n) is 5.10. The van der Waals surface area contributed by atoms with Crippen molar-refractivity contribution < 1.29 is 19.1 Å². The number of rotatable bonds is 4. The number of thioether (sulfide) groups is 1. The number of carbonyl (C=O) groups is 2. The monoisotopic (exact) mass is 393 g/mol. The highest BCUT2D eigenvalue weighted by molar-refractivity contribution is 14.1. The maximum absolute atomic E-state index is 11.4. The number of furan rings is 1. The van der Waals surface area contributed by atoms with Gasteiger partial charge in [0.05, 0.1) is 12.6 Å². The fourth-order valence-electron chi connectivity index (χ4n) is 1.28. The summed E-state index contributed by atoms with van der Waals surface area (Å²) in [4.78, 5) is 21.9. The zero-order valence-electron chi connectivity index (χ0n) is 9.37. The van der Waals surface area contributed by atoms with E-state index in [1.807, 2.05) is 22.6 Å². The summed E-state index contributed by atoms with van der Waals surface area (Å²) in [6.45, 7) is 0. The number of hydrogen-bond donors (Lipinski definition) is 2. The van der Waals surface area contributed by atoms with Crippen molar-refractivity contribution in [3.63, 3.8) is 0 Å². The van der Waals surface area contributed by atoms with Gasteiger partial charge in [0, 0.05) is 0 Å². The summed E-state index contributed by atoms with van der Waals surface area (Å²) in [5.41, 5.74) is 0. The van der Waals surface area contributed by atoms with Crippen LogP contribution in [0.1, 0.15) is 12.2 Å². The van der Waals surface area contributed by atoms with Crippen molar-refractivity contribution in [2.24, 2.45) is 10.2 Å². The van der Waals surface area contributed by atoms with Crippen LogP contribution < -0.4 is 5.32 Å². The second kappa shape index (κ2) is 6.19. The van der Waals surface area contributed by atoms with Crippen molar-refractivity contribution in [3.05, 3.63) is 21.7 Å². The average molecular weight is 393 g/mol. The maximum atomic E-state index is 11.4. The van der Waals surface area contributed by atoms with E-state index < -0.39 is 11.2 Å². The van der Waals surface area contributed by atoms with Crippen LogP contribution in [0.25, 0.3) is 0 Å². The molecule has 1 atom stereocenters. The Morgan fingerprint density at radius 1 is 1.63 bits per heavy atom. The number of nitrogens with zero attached hydrogens (tertiary/aromatic N) is 2. The Morgan fingerprint density at radius 2 is 2.42 bits per heavy atom. The van der Waals surface area contributed by atoms with Gasteiger partial charge in [-0.15, -0.1) is 5.10 Å². The van der Waals surface area contributed by atoms with E-state index in [2.05, 4.69) is 15.5 Å². The lowest BCUT2D eigenvalue weighted by atomic mass is 10.3. The number of amides is 1. The fraction of sp³-hybridized carbons (Fsp3) is 0.200. The van der Waals surface area contributed by atoms with E-state index in [4.69, 9.17) is 9.52 Å². The molecule has 19 heavy (non-hydrogen) atoms. The maximum Gasteiger partial charge on any atom is 0.305 e. The number of carboxylic acid groups (broad SMARTS) is 1. The predicted octanol–water partition coefficient (Wildman–Crippen LogP) is 1.28. The summed E-state index contributed by atoms with van der Waals surface area (Å²) in [5, 5.41) is 18.3. The van der Waals surface area contributed by atoms with Crippen LogP contribution in [-0.4, -0.2) is 33.6 Å². The molecular weight excluding hydrogens is 385 g/mol. The van der Waals surface area contributed by atoms with Gasteiger partial charge in [-0.1, -0.05) is 11.8 Å². The molecule has 0 aromatic carbocycles. The van der Waals surface area contributed by atoms with Crippen molar-refractivity contribution in [3.8, 4) is 0 Å². The molecule has 1 fully saturated rings. The minimum absolute atomic E-state index is 0.240. The molecule has 2 rings (SSSR count). The van der Waals surface area contributed by atoms with Gasteiger partial charge in [0.25, 0.3) is 0 Å². The van der Waals surface area contributed by atoms with Crippen LogP contribution in [0, 0.1) is 3.77 Å². The molecule has 1 saturated heterocycles. The summed E-state index contributed by atoms with van der Waals surface area (Å²) >= 11 is 3.08. The summed E-state index contributed by atoms with van der Waals surface area (Å²) < 4.78 is 5.97. The molecule has 2 heterocycles. The lowest BCUT2D eigenvalue weighted by Crippen LogP contribution is -2.26. The Hall–Kier alpha value is -1.36. The van der Waals surface area contributed by atoms with E-state index in [0.717, 1.165) is 15.5 Å². The van der Waals surface area contributed by atoms with Crippen molar-refractivity contribution in [1.82, 2.24) is 5.32 Å². The lowest BCUT2D eigenvalue weighted by Gasteiger charge is -1.97. The molecule has 1 aromatic heterocycles. The first-order valence-corrected chi connectivity index (χ1v) is 7.06. The van der Waals surface area contributed by atoms with Gasteiger partial charge in [0.15, 0.2) is 8.93 Å². The van der Waals surface area contributed by atoms with E-state index in [1.54, 1.807) is 12.1 Å². The molecule has 1 aliphatic rings. The second-order valence-corrected chi connectivity index (χ2v) is 5.74. The van der Waals surface area contributed by atoms with Gasteiger partial charge in [0.2, 0.25) is 5.91 Å². The zero-order valence-corrected chi connectivity index (χ0v) is 12.3. The SMILES string of the molecule is O=C(O)C[C@@H]1S/C(=N\N=C/c2ccc(I)o2)NC1=O. The number of carbonyl (C=O) groups excluding carboxylic acids is 1. The Labute approximate surface area is 125 Å². The number of carboxylic acids is 1. The number of halogens is 1. The quantitative estimate of drug-likeness (QED) is 0.456. The molecule has 0 saturated carbocycles. The Kier molecular flexibility index (Phi) is 4.58. The van der Waals surface area contributed by atoms with Crippen molar-refractivity contribution >= 4 is 57.6 Å². The van der Waals surface area contributed by atoms with Crippen LogP contribution >= 0.6 is 34.4 Å². The van der Waals surface area contributed by atoms with Gasteiger partial charge in [0.1, 0.15) is 11.0 Å². The van der Waals surface area contributed by atoms with Gasteiger partial charge in [-0.25, -0.2) is 0 Å². The molecule has 100 valence electrons. The molecule has 2 N–H and O–H groups in total. The van der Waals surface area contributed by atoms with Gasteiger partial charge in [-0.05, 0) is 34.7 Å². The fourth-order valence-corrected chi connectivity index (χ4v) is 2.63. The number of aliphatic carboxylic acids is 1. The van der Waals surface area contributed by atoms with E-state index in [9.17, 15) is 9.59 Å². The highest BCUT2D eigenvalue weighted by atomic mass is 127. The van der Waals surface area contributed by atoms with Crippen LogP contribution in [0.3, 0.4) is 0 Å². The van der Waals surface area contributed by atoms with E-state index in [0.29, 0.717) is 5.76 Å². The summed E-state index contributed by atoms with van der Waals surface area (Å²) in [7, 11) is 0. The largest absolute Gasteiger partial charge is 0.481 e. The molecule has 1 aliphatic heterocycles. The number of hydrogen-bond acceptors (Lipinski definition) is 6. The normalized spacial score (nSPS) is 21.2. The molecule has 1 amide bonds. The molecule has 0 radical (unpaired) electrons. The Morgan fingerprint density at radius 3 is 3.05 bits per heavy atom. The molecule has 0 aliphatic carbocycles. The minimum atomic E-state index is -1.03. The first kappa shape index (κ1) is 14.1. The van der Waals surface area contributed by atoms with Crippen molar-refractivity contribution in [1.29, 1.82) is 0 Å². The predicted molar refractivity (Wildman–Crippen MR) is 78.2 cm³/mol. The molecule has 1 aromatic rings. The van der Waals surface area contributed by atoms with Crippen LogP contribution in [0.4, 0.5) is 0 Å². The molecule has 0 unspecified atom stereocenters. The zero-order chi connectivity index (χ0) is 13.8. The number of amidine groups is 1. The standard InChI is InChI=1S/C10H8IN3O4S/c11-7-2-1-5(18-7)4-12-14-10-13-9(17)6(19-10)3-8(15)16/h1-2,4,6H,3H2,(H,15,16)(H,13,14,17)/b12-4-/t6-/m0/s1. The second-order valence-electron chi connectivity index (χ2n) is 3.49. The third-order valence-electron chi connectivity index (χ3n) is 2.06. The first-order chi connectivity index (χ1) is 9.04. The van der Waals surface area contributed by atoms with Crippen LogP contribution in [0.15, 0.2) is 26.8 Å². The van der Waals surface area contributed by atoms with Crippen molar-refractivity contribution in [2.75, 3.05) is 0 Å². The minimum Gasteiger partial charge on any atom is -0.481 e. The molecular formula is C10H8IN3O4S. The third-order valence-corrected chi connectivity index (χ3v) is 3.72. The van der Waals surface area contributed by atoms with Crippen molar-refractivity contribution in [2.45, 2.75) is 11.7 Å². The van der Waals surface area contributed by atoms with Crippen LogP contribution in [0.2, 0.25) is 0 Å². The molecule has 0 spiro atoms. The van der Waals surface area contributed by atoms with Crippen LogP contribution in [-0.2, 0) is 9.59 Å². The number of nitrogens with one attached hydrogen (secondary N) is 1. The lowest BCUT2D eigenvalue weighted by molar-refractivity contribution is -0.138. The van der Waals surface area contributed by atoms with Gasteiger partial charge in [-0.2, -0.15) is 5.10 Å². The van der Waals surface area contributed by atoms with Crippen LogP contribution in [0.5, 0.6) is 0 Å². The van der Waals surface area contributed by atoms with Gasteiger partial charge >= 0.3 is 5.97 Å². The highest BCUT2D eigenvalue weighted by Gasteiger charge is 2.32. The molecule has 0 bridgehead atoms. The third kappa shape index (κ3) is 4.06. The summed E-state index contributed by atoms with van der Waals surface area (Å²) in [6, 6.07) is 3.52. The summed E-state index contributed by atoms with van der Waals surface area (Å²) in [6.07, 6.45) is 1.17. The molecule has 9 heteroatoms. The average Bonchev–Trinajstić information content (AvgIpc) is 2.86. The smallest absolute Gasteiger partial charge is 0.305 e. The highest BCUT2D eigenvalue weighted by Crippen LogP contribution is 2.22. The Bertz CT molecular complexity index is 569. The van der Waals surface area contributed by atoms with E-state index in [-0.39, 0.29) is 17.5 Å². The topological polar surface area (TPSA) is 104 Å². The summed E-state index contributed by atoms with van der Waals surface area (Å²) in [5.74, 6) is -0.846. The van der Waals surface area contributed by atoms with Gasteiger partial charge in [-0.3, -0.25) is 9.59 Å². The molecule has 7 nitrogen and oxygen atoms in total. The van der Waals surface area contributed by atoms with Gasteiger partial charge < -0.3 is 14.8 Å². The van der Waals surface area contributed by atoms with E-state index in [1.165, 1.54) is 6.21 Å². The van der Waals surface area contributed by atoms with E-state index >= 15 is 0 Å².